The molecule has 2 aromatic heterocycles. The monoisotopic (exact) mass is 429 g/mol. The van der Waals surface area contributed by atoms with E-state index in [9.17, 15) is 9.18 Å². The minimum absolute atomic E-state index is 0.163. The number of carboxylic acid groups (broad SMARTS) is 1. The number of piperidine rings is 1. The van der Waals surface area contributed by atoms with Crippen molar-refractivity contribution in [3.05, 3.63) is 54.0 Å². The molecule has 9 heteroatoms. The number of carbonyl (C=O) groups is 2. The van der Waals surface area contributed by atoms with E-state index < -0.39 is 5.82 Å². The number of pyridine rings is 1. The number of ether oxygens (including phenoxy) is 2. The van der Waals surface area contributed by atoms with Gasteiger partial charge in [-0.25, -0.2) is 8.91 Å². The molecule has 0 radical (unpaired) electrons. The lowest BCUT2D eigenvalue weighted by atomic mass is 10.0. The standard InChI is InChI=1S/C21H22FN3O3.CH2O2/c1-27-17-6-8-24(9-7-17)21(26)15-10-14(11-16(22)12-15)18-13-23-25-19(18)4-3-5-20(25)28-2;2-1-3/h3-5,10-13,17H,6-9H2,1-2H3;1H,(H,2,3). The number of benzene rings is 1. The molecule has 0 saturated carbocycles. The normalized spacial score (nSPS) is 14.1. The molecule has 31 heavy (non-hydrogen) atoms. The van der Waals surface area contributed by atoms with Crippen molar-refractivity contribution in [2.75, 3.05) is 27.3 Å². The zero-order chi connectivity index (χ0) is 22.4. The summed E-state index contributed by atoms with van der Waals surface area (Å²) in [7, 11) is 3.26. The summed E-state index contributed by atoms with van der Waals surface area (Å²) in [6.45, 7) is 0.966. The number of likely N-dealkylation sites (tertiary alicyclic amines) is 1. The number of halogens is 1. The fourth-order valence-corrected chi connectivity index (χ4v) is 3.71. The molecule has 3 aromatic rings. The largest absolute Gasteiger partial charge is 0.483 e. The average molecular weight is 429 g/mol. The number of rotatable bonds is 4. The Bertz CT molecular complexity index is 1060. The van der Waals surface area contributed by atoms with Gasteiger partial charge in [-0.05, 0) is 42.7 Å². The Morgan fingerprint density at radius 1 is 1.23 bits per heavy atom. The Labute approximate surface area is 178 Å². The first-order valence-electron chi connectivity index (χ1n) is 9.74. The minimum atomic E-state index is -0.449. The SMILES string of the molecule is COc1cccc2c(-c3cc(F)cc(C(=O)N4CCC(OC)CC4)c3)cnn12.O=CO. The van der Waals surface area contributed by atoms with Crippen molar-refractivity contribution in [2.24, 2.45) is 0 Å². The summed E-state index contributed by atoms with van der Waals surface area (Å²) in [5.74, 6) is -0.0308. The highest BCUT2D eigenvalue weighted by Crippen LogP contribution is 2.29. The molecule has 1 aliphatic heterocycles. The molecule has 1 amide bonds. The Balaban J connectivity index is 0.000000858. The van der Waals surface area contributed by atoms with Crippen molar-refractivity contribution in [3.8, 4) is 17.0 Å². The molecule has 4 rings (SSSR count). The van der Waals surface area contributed by atoms with Crippen LogP contribution in [0.1, 0.15) is 23.2 Å². The highest BCUT2D eigenvalue weighted by molar-refractivity contribution is 5.96. The third kappa shape index (κ3) is 4.83. The molecule has 0 atom stereocenters. The number of amides is 1. The van der Waals surface area contributed by atoms with Crippen LogP contribution in [-0.2, 0) is 9.53 Å². The van der Waals surface area contributed by atoms with Gasteiger partial charge in [-0.1, -0.05) is 6.07 Å². The number of hydrogen-bond donors (Lipinski definition) is 1. The maximum atomic E-state index is 14.4. The highest BCUT2D eigenvalue weighted by atomic mass is 19.1. The molecule has 0 aliphatic carbocycles. The van der Waals surface area contributed by atoms with E-state index in [1.54, 1.807) is 42.0 Å². The highest BCUT2D eigenvalue weighted by Gasteiger charge is 2.24. The van der Waals surface area contributed by atoms with E-state index in [1.165, 1.54) is 12.1 Å². The molecular formula is C22H24FN3O5. The van der Waals surface area contributed by atoms with Gasteiger partial charge in [0, 0.05) is 37.4 Å². The predicted molar refractivity (Wildman–Crippen MR) is 112 cm³/mol. The molecule has 1 N–H and O–H groups in total. The smallest absolute Gasteiger partial charge is 0.290 e. The van der Waals surface area contributed by atoms with Gasteiger partial charge in [-0.3, -0.25) is 9.59 Å². The molecule has 0 bridgehead atoms. The average Bonchev–Trinajstić information content (AvgIpc) is 3.23. The Kier molecular flexibility index (Phi) is 7.19. The molecule has 1 fully saturated rings. The van der Waals surface area contributed by atoms with Gasteiger partial charge in [0.1, 0.15) is 5.82 Å². The molecule has 0 spiro atoms. The summed E-state index contributed by atoms with van der Waals surface area (Å²) in [6, 6.07) is 9.97. The first-order chi connectivity index (χ1) is 15.0. The molecule has 1 aliphatic rings. The lowest BCUT2D eigenvalue weighted by Gasteiger charge is -2.31. The van der Waals surface area contributed by atoms with Crippen molar-refractivity contribution in [3.63, 3.8) is 0 Å². The van der Waals surface area contributed by atoms with E-state index in [4.69, 9.17) is 19.4 Å². The quantitative estimate of drug-likeness (QED) is 0.641. The fraction of sp³-hybridized carbons (Fsp3) is 0.318. The number of aromatic nitrogens is 2. The van der Waals surface area contributed by atoms with E-state index in [0.717, 1.165) is 23.9 Å². The van der Waals surface area contributed by atoms with Crippen LogP contribution >= 0.6 is 0 Å². The van der Waals surface area contributed by atoms with Crippen LogP contribution in [0.15, 0.2) is 42.6 Å². The number of nitrogens with zero attached hydrogens (tertiary/aromatic N) is 3. The summed E-state index contributed by atoms with van der Waals surface area (Å²) in [6.07, 6.45) is 3.42. The van der Waals surface area contributed by atoms with E-state index in [2.05, 4.69) is 5.10 Å². The summed E-state index contributed by atoms with van der Waals surface area (Å²) in [5.41, 5.74) is 2.47. The Morgan fingerprint density at radius 2 is 1.94 bits per heavy atom. The summed E-state index contributed by atoms with van der Waals surface area (Å²) < 4.78 is 26.7. The van der Waals surface area contributed by atoms with Crippen molar-refractivity contribution in [1.29, 1.82) is 0 Å². The molecule has 1 saturated heterocycles. The van der Waals surface area contributed by atoms with Crippen LogP contribution in [0.2, 0.25) is 0 Å². The zero-order valence-electron chi connectivity index (χ0n) is 17.3. The Morgan fingerprint density at radius 3 is 2.58 bits per heavy atom. The van der Waals surface area contributed by atoms with Crippen LogP contribution < -0.4 is 4.74 Å². The predicted octanol–water partition coefficient (Wildman–Crippen LogP) is 3.10. The first-order valence-corrected chi connectivity index (χ1v) is 9.74. The number of methoxy groups -OCH3 is 2. The third-order valence-electron chi connectivity index (χ3n) is 5.24. The summed E-state index contributed by atoms with van der Waals surface area (Å²) in [4.78, 5) is 23.0. The molecule has 164 valence electrons. The van der Waals surface area contributed by atoms with Gasteiger partial charge in [0.15, 0.2) is 0 Å². The maximum absolute atomic E-state index is 14.4. The molecule has 8 nitrogen and oxygen atoms in total. The van der Waals surface area contributed by atoms with Crippen molar-refractivity contribution < 1.29 is 28.6 Å². The topological polar surface area (TPSA) is 93.4 Å². The van der Waals surface area contributed by atoms with Crippen LogP contribution in [0.3, 0.4) is 0 Å². The van der Waals surface area contributed by atoms with E-state index in [-0.39, 0.29) is 18.5 Å². The molecular weight excluding hydrogens is 405 g/mol. The minimum Gasteiger partial charge on any atom is -0.483 e. The zero-order valence-corrected chi connectivity index (χ0v) is 17.3. The summed E-state index contributed by atoms with van der Waals surface area (Å²) in [5, 5.41) is 11.2. The maximum Gasteiger partial charge on any atom is 0.290 e. The van der Waals surface area contributed by atoms with Gasteiger partial charge in [-0.2, -0.15) is 5.10 Å². The lowest BCUT2D eigenvalue weighted by Crippen LogP contribution is -2.40. The van der Waals surface area contributed by atoms with Gasteiger partial charge in [0.2, 0.25) is 5.88 Å². The number of hydrogen-bond acceptors (Lipinski definition) is 5. The number of fused-ring (bicyclic) bond motifs is 1. The Hall–Kier alpha value is -3.46. The van der Waals surface area contributed by atoms with Crippen LogP contribution in [0.5, 0.6) is 5.88 Å². The second-order valence-electron chi connectivity index (χ2n) is 6.98. The van der Waals surface area contributed by atoms with Gasteiger partial charge in [-0.15, -0.1) is 0 Å². The van der Waals surface area contributed by atoms with E-state index in [1.807, 2.05) is 12.1 Å². The van der Waals surface area contributed by atoms with Crippen LogP contribution in [0.4, 0.5) is 4.39 Å². The second kappa shape index (κ2) is 10.0. The summed E-state index contributed by atoms with van der Waals surface area (Å²) >= 11 is 0. The molecule has 0 unspecified atom stereocenters. The van der Waals surface area contributed by atoms with Gasteiger partial charge in [0.25, 0.3) is 12.4 Å². The van der Waals surface area contributed by atoms with Crippen LogP contribution in [0.25, 0.3) is 16.6 Å². The van der Waals surface area contributed by atoms with E-state index in [0.29, 0.717) is 30.1 Å². The van der Waals surface area contributed by atoms with Crippen molar-refractivity contribution >= 4 is 17.9 Å². The second-order valence-corrected chi connectivity index (χ2v) is 6.98. The van der Waals surface area contributed by atoms with Gasteiger partial charge < -0.3 is 19.5 Å². The van der Waals surface area contributed by atoms with Crippen molar-refractivity contribution in [2.45, 2.75) is 18.9 Å². The van der Waals surface area contributed by atoms with Crippen LogP contribution in [0, 0.1) is 5.82 Å². The fourth-order valence-electron chi connectivity index (χ4n) is 3.71. The van der Waals surface area contributed by atoms with Crippen molar-refractivity contribution in [1.82, 2.24) is 14.5 Å². The number of carbonyl (C=O) groups excluding carboxylic acids is 1. The first kappa shape index (κ1) is 22.2. The molecule has 1 aromatic carbocycles. The lowest BCUT2D eigenvalue weighted by molar-refractivity contribution is -0.122. The van der Waals surface area contributed by atoms with E-state index >= 15 is 0 Å². The van der Waals surface area contributed by atoms with Gasteiger partial charge in [0.05, 0.1) is 24.9 Å². The van der Waals surface area contributed by atoms with Crippen LogP contribution in [-0.4, -0.2) is 65.4 Å². The molecule has 3 heterocycles. The third-order valence-corrected chi connectivity index (χ3v) is 5.24. The van der Waals surface area contributed by atoms with Gasteiger partial charge >= 0.3 is 0 Å².